The van der Waals surface area contributed by atoms with Crippen LogP contribution in [0.3, 0.4) is 0 Å². The van der Waals surface area contributed by atoms with Crippen molar-refractivity contribution in [2.75, 3.05) is 12.4 Å². The van der Waals surface area contributed by atoms with Gasteiger partial charge in [-0.1, -0.05) is 18.2 Å². The second kappa shape index (κ2) is 6.47. The predicted octanol–water partition coefficient (Wildman–Crippen LogP) is 3.62. The number of para-hydroxylation sites is 1. The molecular weight excluding hydrogens is 340 g/mol. The Morgan fingerprint density at radius 1 is 1.15 bits per heavy atom. The fourth-order valence-electron chi connectivity index (χ4n) is 2.80. The van der Waals surface area contributed by atoms with Crippen molar-refractivity contribution < 1.29 is 13.5 Å². The summed E-state index contributed by atoms with van der Waals surface area (Å²) in [5.74, 6) is -0.0654. The quantitative estimate of drug-likeness (QED) is 0.574. The van der Waals surface area contributed by atoms with Crippen molar-refractivity contribution in [2.45, 2.75) is 6.54 Å². The minimum Gasteiger partial charge on any atom is -0.496 e. The summed E-state index contributed by atoms with van der Waals surface area (Å²) in [5, 5.41) is 6.23. The third kappa shape index (κ3) is 2.75. The van der Waals surface area contributed by atoms with Crippen LogP contribution in [0, 0.1) is 11.6 Å². The Hall–Kier alpha value is -3.42. The van der Waals surface area contributed by atoms with Crippen molar-refractivity contribution in [3.63, 3.8) is 0 Å². The molecule has 2 heterocycles. The Bertz CT molecular complexity index is 1070. The van der Waals surface area contributed by atoms with Gasteiger partial charge in [0.1, 0.15) is 17.8 Å². The zero-order chi connectivity index (χ0) is 18.1. The summed E-state index contributed by atoms with van der Waals surface area (Å²) < 4.78 is 33.9. The Balaban J connectivity index is 1.73. The van der Waals surface area contributed by atoms with Crippen molar-refractivity contribution in [1.82, 2.24) is 19.6 Å². The van der Waals surface area contributed by atoms with Crippen molar-refractivity contribution >= 4 is 11.6 Å². The Morgan fingerprint density at radius 2 is 2.00 bits per heavy atom. The average Bonchev–Trinajstić information content (AvgIpc) is 3.24. The molecule has 0 unspecified atom stereocenters. The lowest BCUT2D eigenvalue weighted by molar-refractivity contribution is 0.410. The second-order valence-electron chi connectivity index (χ2n) is 5.63. The van der Waals surface area contributed by atoms with E-state index in [-0.39, 0.29) is 0 Å². The van der Waals surface area contributed by atoms with Gasteiger partial charge in [0.15, 0.2) is 17.5 Å². The molecule has 0 atom stereocenters. The molecule has 0 saturated heterocycles. The van der Waals surface area contributed by atoms with E-state index in [2.05, 4.69) is 20.4 Å². The first-order chi connectivity index (χ1) is 12.7. The van der Waals surface area contributed by atoms with Crippen LogP contribution in [0.25, 0.3) is 17.0 Å². The third-order valence-corrected chi connectivity index (χ3v) is 4.06. The van der Waals surface area contributed by atoms with E-state index in [4.69, 9.17) is 4.74 Å². The Kier molecular flexibility index (Phi) is 4.00. The number of halogens is 2. The van der Waals surface area contributed by atoms with Crippen LogP contribution in [-0.2, 0) is 6.54 Å². The second-order valence-corrected chi connectivity index (χ2v) is 5.63. The highest BCUT2D eigenvalue weighted by molar-refractivity contribution is 5.75. The average molecular weight is 355 g/mol. The van der Waals surface area contributed by atoms with Gasteiger partial charge in [0.2, 0.25) is 0 Å². The number of nitrogens with zero attached hydrogens (tertiary/aromatic N) is 3. The van der Waals surface area contributed by atoms with E-state index in [1.54, 1.807) is 11.6 Å². The number of methoxy groups -OCH3 is 1. The minimum atomic E-state index is -0.928. The molecule has 0 fully saturated rings. The van der Waals surface area contributed by atoms with E-state index in [0.717, 1.165) is 23.4 Å². The first-order valence-corrected chi connectivity index (χ1v) is 7.90. The SMILES string of the molecule is COc1ccccc1CNc1c(-c2ccc(F)c(F)c2)nc2nc[nH]n12. The molecule has 0 radical (unpaired) electrons. The summed E-state index contributed by atoms with van der Waals surface area (Å²) in [4.78, 5) is 8.52. The molecule has 26 heavy (non-hydrogen) atoms. The predicted molar refractivity (Wildman–Crippen MR) is 93.0 cm³/mol. The number of imidazole rings is 1. The number of anilines is 1. The van der Waals surface area contributed by atoms with Crippen LogP contribution in [0.2, 0.25) is 0 Å². The van der Waals surface area contributed by atoms with Crippen LogP contribution < -0.4 is 10.1 Å². The number of fused-ring (bicyclic) bond motifs is 1. The maximum absolute atomic E-state index is 13.7. The monoisotopic (exact) mass is 355 g/mol. The number of nitrogens with one attached hydrogen (secondary N) is 2. The van der Waals surface area contributed by atoms with Crippen LogP contribution in [0.5, 0.6) is 5.75 Å². The molecule has 0 saturated carbocycles. The molecule has 2 N–H and O–H groups in total. The van der Waals surface area contributed by atoms with Crippen molar-refractivity contribution in [1.29, 1.82) is 0 Å². The van der Waals surface area contributed by atoms with Gasteiger partial charge in [0.25, 0.3) is 5.78 Å². The molecule has 4 rings (SSSR count). The zero-order valence-electron chi connectivity index (χ0n) is 13.8. The topological polar surface area (TPSA) is 67.2 Å². The van der Waals surface area contributed by atoms with E-state index >= 15 is 0 Å². The smallest absolute Gasteiger partial charge is 0.252 e. The van der Waals surface area contributed by atoms with E-state index in [1.807, 2.05) is 24.3 Å². The van der Waals surface area contributed by atoms with Gasteiger partial charge >= 0.3 is 0 Å². The number of hydrogen-bond donors (Lipinski definition) is 2. The zero-order valence-corrected chi connectivity index (χ0v) is 13.8. The summed E-state index contributed by atoms with van der Waals surface area (Å²) in [6, 6.07) is 11.3. The van der Waals surface area contributed by atoms with E-state index in [1.165, 1.54) is 12.4 Å². The molecule has 0 spiro atoms. The maximum atomic E-state index is 13.7. The molecule has 0 aliphatic heterocycles. The van der Waals surface area contributed by atoms with Crippen molar-refractivity contribution in [3.05, 3.63) is 66.0 Å². The van der Waals surface area contributed by atoms with Crippen LogP contribution >= 0.6 is 0 Å². The van der Waals surface area contributed by atoms with Gasteiger partial charge in [0, 0.05) is 17.7 Å². The summed E-state index contributed by atoms with van der Waals surface area (Å²) in [6.07, 6.45) is 1.51. The summed E-state index contributed by atoms with van der Waals surface area (Å²) in [6.45, 7) is 0.452. The lowest BCUT2D eigenvalue weighted by Gasteiger charge is -2.11. The fourth-order valence-corrected chi connectivity index (χ4v) is 2.80. The van der Waals surface area contributed by atoms with Gasteiger partial charge in [-0.2, -0.15) is 0 Å². The number of H-pyrrole nitrogens is 1. The Labute approximate surface area is 147 Å². The summed E-state index contributed by atoms with van der Waals surface area (Å²) in [5.41, 5.74) is 1.86. The molecule has 132 valence electrons. The molecule has 8 heteroatoms. The van der Waals surface area contributed by atoms with Crippen molar-refractivity contribution in [2.24, 2.45) is 0 Å². The van der Waals surface area contributed by atoms with Crippen LogP contribution in [0.15, 0.2) is 48.8 Å². The highest BCUT2D eigenvalue weighted by atomic mass is 19.2. The molecule has 0 aliphatic rings. The van der Waals surface area contributed by atoms with Gasteiger partial charge in [-0.25, -0.2) is 23.3 Å². The van der Waals surface area contributed by atoms with Crippen LogP contribution in [-0.4, -0.2) is 26.7 Å². The van der Waals surface area contributed by atoms with E-state index < -0.39 is 11.6 Å². The van der Waals surface area contributed by atoms with Gasteiger partial charge in [-0.15, -0.1) is 0 Å². The largest absolute Gasteiger partial charge is 0.496 e. The van der Waals surface area contributed by atoms with Gasteiger partial charge in [-0.3, -0.25) is 5.10 Å². The van der Waals surface area contributed by atoms with Crippen LogP contribution in [0.1, 0.15) is 5.56 Å². The number of aromatic amines is 1. The lowest BCUT2D eigenvalue weighted by Crippen LogP contribution is -2.05. The fraction of sp³-hybridized carbons (Fsp3) is 0.111. The molecular formula is C18H15F2N5O. The first kappa shape index (κ1) is 16.1. The van der Waals surface area contributed by atoms with Crippen LogP contribution in [0.4, 0.5) is 14.6 Å². The summed E-state index contributed by atoms with van der Waals surface area (Å²) in [7, 11) is 1.61. The standard InChI is InChI=1S/C18H15F2N5O/c1-26-15-5-3-2-4-12(15)9-21-17-16(24-18-22-10-23-25(17)18)11-6-7-13(19)14(20)8-11/h2-8,10,21H,9H2,1H3,(H,22,23,24). The van der Waals surface area contributed by atoms with Gasteiger partial charge in [-0.05, 0) is 24.3 Å². The molecule has 6 nitrogen and oxygen atoms in total. The normalized spacial score (nSPS) is 11.0. The maximum Gasteiger partial charge on any atom is 0.252 e. The molecule has 0 aliphatic carbocycles. The summed E-state index contributed by atoms with van der Waals surface area (Å²) >= 11 is 0. The molecule has 2 aromatic heterocycles. The van der Waals surface area contributed by atoms with Gasteiger partial charge in [0.05, 0.1) is 7.11 Å². The number of aromatic nitrogens is 4. The van der Waals surface area contributed by atoms with E-state index in [9.17, 15) is 8.78 Å². The lowest BCUT2D eigenvalue weighted by atomic mass is 10.1. The van der Waals surface area contributed by atoms with Gasteiger partial charge < -0.3 is 10.1 Å². The minimum absolute atomic E-state index is 0.423. The molecule has 4 aromatic rings. The third-order valence-electron chi connectivity index (χ3n) is 4.06. The molecule has 2 aromatic carbocycles. The highest BCUT2D eigenvalue weighted by Crippen LogP contribution is 2.30. The first-order valence-electron chi connectivity index (χ1n) is 7.90. The highest BCUT2D eigenvalue weighted by Gasteiger charge is 2.17. The van der Waals surface area contributed by atoms with Crippen molar-refractivity contribution in [3.8, 4) is 17.0 Å². The number of benzene rings is 2. The number of ether oxygens (including phenoxy) is 1. The number of rotatable bonds is 5. The van der Waals surface area contributed by atoms with E-state index in [0.29, 0.717) is 29.4 Å². The Morgan fingerprint density at radius 3 is 2.81 bits per heavy atom. The number of hydrogen-bond acceptors (Lipinski definition) is 4. The molecule has 0 amide bonds. The molecule has 0 bridgehead atoms.